The number of hydrogen-bond donors (Lipinski definition) is 0. The Labute approximate surface area is 59.2 Å². The number of hydrogen-bond acceptors (Lipinski definition) is 3. The molecule has 0 rings (SSSR count). The van der Waals surface area contributed by atoms with Gasteiger partial charge in [-0.1, -0.05) is 0 Å². The first kappa shape index (κ1) is 16.2. The second-order valence-corrected chi connectivity index (χ2v) is 0.224. The molecule has 0 saturated heterocycles. The third kappa shape index (κ3) is 357. The molecule has 0 atom stereocenters. The molecule has 0 aromatic carbocycles. The fraction of sp³-hybridized carbons (Fsp3) is 0. The third-order valence-corrected chi connectivity index (χ3v) is 0. The van der Waals surface area contributed by atoms with Crippen LogP contribution in [0.4, 0.5) is 0 Å². The maximum Gasteiger partial charge on any atom is 2.00 e. The van der Waals surface area contributed by atoms with Gasteiger partial charge < -0.3 is 27.7 Å². The van der Waals surface area contributed by atoms with Crippen molar-refractivity contribution in [3.8, 4) is 0 Å². The van der Waals surface area contributed by atoms with Crippen LogP contribution in [-0.2, 0) is 0 Å². The number of rotatable bonds is 0. The van der Waals surface area contributed by atoms with Gasteiger partial charge in [0.25, 0.3) is 0 Å². The van der Waals surface area contributed by atoms with Gasteiger partial charge in [0.2, 0.25) is 0 Å². The average Bonchev–Trinajstić information content (AvgIpc) is 0.811. The zero-order valence-electron chi connectivity index (χ0n) is 2.50. The van der Waals surface area contributed by atoms with Gasteiger partial charge >= 0.3 is 26.2 Å². The van der Waals surface area contributed by atoms with Crippen LogP contribution in [0, 0.1) is 15.3 Å². The minimum absolute atomic E-state index is 0. The Morgan fingerprint density at radius 3 is 1.33 bits per heavy atom. The molecule has 0 bridgehead atoms. The second-order valence-electron chi connectivity index (χ2n) is 0.224. The van der Waals surface area contributed by atoms with Gasteiger partial charge in [-0.15, -0.1) is 0 Å². The molecule has 35 valence electrons. The molecule has 0 spiro atoms. The largest absolute Gasteiger partial charge is 2.00 e. The number of halogens is 1. The van der Waals surface area contributed by atoms with Gasteiger partial charge in [0.1, 0.15) is 0 Å². The Morgan fingerprint density at radius 2 is 1.33 bits per heavy atom. The zero-order chi connectivity index (χ0) is 3.58. The van der Waals surface area contributed by atoms with Crippen molar-refractivity contribution in [1.29, 1.82) is 0 Å². The molecule has 6 heteroatoms. The van der Waals surface area contributed by atoms with E-state index in [-0.39, 0.29) is 38.6 Å². The summed E-state index contributed by atoms with van der Waals surface area (Å²) in [4.78, 5) is 8.25. The van der Waals surface area contributed by atoms with Gasteiger partial charge in [-0.3, -0.25) is 0 Å². The monoisotopic (exact) mass is 306 g/mol. The Balaban J connectivity index is -0.0000000450. The van der Waals surface area contributed by atoms with Crippen LogP contribution in [0.15, 0.2) is 0 Å². The van der Waals surface area contributed by atoms with Crippen molar-refractivity contribution in [1.82, 2.24) is 0 Å². The van der Waals surface area contributed by atoms with Crippen molar-refractivity contribution in [2.75, 3.05) is 0 Å². The molecule has 0 aliphatic heterocycles. The van der Waals surface area contributed by atoms with E-state index in [9.17, 15) is 0 Å². The van der Waals surface area contributed by atoms with Crippen LogP contribution in [0.2, 0.25) is 0 Å². The molecule has 0 aliphatic carbocycles. The molecule has 0 saturated carbocycles. The summed E-state index contributed by atoms with van der Waals surface area (Å²) in [6.07, 6.45) is 0. The van der Waals surface area contributed by atoms with Crippen LogP contribution >= 0.6 is 0 Å². The normalized spacial score (nSPS) is 4.00. The van der Waals surface area contributed by atoms with E-state index in [2.05, 4.69) is 0 Å². The Kier molecular flexibility index (Phi) is 24.3. The minimum Gasteiger partial charge on any atom is -1.00 e. The molecule has 0 aliphatic rings. The zero-order valence-corrected chi connectivity index (χ0v) is 6.73. The third-order valence-electron chi connectivity index (χ3n) is 0. The van der Waals surface area contributed by atoms with Crippen molar-refractivity contribution < 1.29 is 17.5 Å². The summed E-state index contributed by atoms with van der Waals surface area (Å²) in [5, 5.41) is 14.8. The van der Waals surface area contributed by atoms with E-state index in [4.69, 9.17) is 15.3 Å². The maximum atomic E-state index is 8.25. The van der Waals surface area contributed by atoms with Crippen LogP contribution in [-0.4, -0.2) is 31.3 Å². The van der Waals surface area contributed by atoms with Gasteiger partial charge in [-0.2, -0.15) is 0 Å². The molecule has 0 aromatic rings. The molecular weight excluding hydrogens is 306 g/mol. The minimum atomic E-state index is -1.75. The Hall–Kier alpha value is 0.373. The van der Waals surface area contributed by atoms with E-state index in [1.807, 2.05) is 0 Å². The van der Waals surface area contributed by atoms with Crippen LogP contribution in [0.1, 0.15) is 0 Å². The summed E-state index contributed by atoms with van der Waals surface area (Å²) >= 11 is 0. The molecule has 0 aromatic heterocycles. The van der Waals surface area contributed by atoms with Crippen molar-refractivity contribution in [3.05, 3.63) is 15.3 Å². The molecule has 4 nitrogen and oxygen atoms in total. The average molecular weight is 306 g/mol. The van der Waals surface area contributed by atoms with Crippen LogP contribution < -0.4 is 12.4 Å². The number of nitrogens with zero attached hydrogens (tertiary/aromatic N) is 1. The Bertz CT molecular complexity index is 33.8. The summed E-state index contributed by atoms with van der Waals surface area (Å²) in [6.45, 7) is 0. The molecule has 0 fully saturated rings. The van der Waals surface area contributed by atoms with Crippen LogP contribution in [0.3, 0.4) is 0 Å². The van der Waals surface area contributed by atoms with Crippen molar-refractivity contribution in [2.45, 2.75) is 0 Å². The Morgan fingerprint density at radius 1 is 1.33 bits per heavy atom. The van der Waals surface area contributed by atoms with Crippen molar-refractivity contribution in [3.63, 3.8) is 0 Å². The van der Waals surface area contributed by atoms with Crippen LogP contribution in [0.5, 0.6) is 0 Å². The quantitative estimate of drug-likeness (QED) is 0.264. The fourth-order valence-electron chi connectivity index (χ4n) is 0. The summed E-state index contributed by atoms with van der Waals surface area (Å²) in [6, 6.07) is 0. The van der Waals surface area contributed by atoms with Gasteiger partial charge in [-0.25, -0.2) is 0 Å². The van der Waals surface area contributed by atoms with E-state index in [1.165, 1.54) is 0 Å². The second kappa shape index (κ2) is 9.03. The topological polar surface area (TPSA) is 66.2 Å². The van der Waals surface area contributed by atoms with E-state index in [1.54, 1.807) is 0 Å². The smallest absolute Gasteiger partial charge is 1.00 e. The predicted octanol–water partition coefficient (Wildman–Crippen LogP) is -3.62. The summed E-state index contributed by atoms with van der Waals surface area (Å²) in [7, 11) is 0. The molecule has 0 N–H and O–H groups in total. The molecule has 0 unspecified atom stereocenters. The molecule has 0 amide bonds. The molecular formula is BiClNO3. The van der Waals surface area contributed by atoms with E-state index in [0.717, 1.165) is 0 Å². The van der Waals surface area contributed by atoms with Gasteiger partial charge in [-0.05, 0) is 0 Å². The van der Waals surface area contributed by atoms with Crippen LogP contribution in [0.25, 0.3) is 0 Å². The summed E-state index contributed by atoms with van der Waals surface area (Å²) in [5.41, 5.74) is 0. The fourth-order valence-corrected chi connectivity index (χ4v) is 0. The van der Waals surface area contributed by atoms with E-state index >= 15 is 0 Å². The van der Waals surface area contributed by atoms with Gasteiger partial charge in [0, 0.05) is 0 Å². The first-order valence-electron chi connectivity index (χ1n) is 0.548. The van der Waals surface area contributed by atoms with Gasteiger partial charge in [0.05, 0.1) is 5.09 Å². The first-order chi connectivity index (χ1) is 1.73. The summed E-state index contributed by atoms with van der Waals surface area (Å²) in [5.74, 6) is 0. The standard InChI is InChI=1S/Bi.ClH.NO3/c;;2-1(3)4/h;1H;/q+2;;-1/p-1. The predicted molar refractivity (Wildman–Crippen MR) is 16.1 cm³/mol. The molecule has 6 heavy (non-hydrogen) atoms. The van der Waals surface area contributed by atoms with Gasteiger partial charge in [0.15, 0.2) is 0 Å². The van der Waals surface area contributed by atoms with Crippen molar-refractivity contribution in [2.24, 2.45) is 0 Å². The maximum absolute atomic E-state index is 8.25. The SMILES string of the molecule is O=[N+]([O-])[O-].[Bi+2].[Cl-]. The van der Waals surface area contributed by atoms with E-state index in [0.29, 0.717) is 0 Å². The molecule has 3 radical (unpaired) electrons. The van der Waals surface area contributed by atoms with E-state index < -0.39 is 5.09 Å². The first-order valence-corrected chi connectivity index (χ1v) is 0.548. The summed E-state index contributed by atoms with van der Waals surface area (Å²) < 4.78 is 0. The van der Waals surface area contributed by atoms with Crippen molar-refractivity contribution >= 4 is 26.2 Å². The molecule has 0 heterocycles.